The molecular formula is C26H15NO2S2. The highest BCUT2D eigenvalue weighted by atomic mass is 32.1. The summed E-state index contributed by atoms with van der Waals surface area (Å²) < 4.78 is 1.76. The van der Waals surface area contributed by atoms with Crippen LogP contribution in [0.5, 0.6) is 0 Å². The molecule has 0 aliphatic heterocycles. The lowest BCUT2D eigenvalue weighted by Crippen LogP contribution is -1.96. The molecule has 1 aromatic heterocycles. The number of thiophene rings is 1. The van der Waals surface area contributed by atoms with Gasteiger partial charge in [-0.25, -0.2) is 0 Å². The molecule has 5 aromatic carbocycles. The van der Waals surface area contributed by atoms with Gasteiger partial charge in [0.15, 0.2) is 0 Å². The molecule has 0 unspecified atom stereocenters. The van der Waals surface area contributed by atoms with Gasteiger partial charge < -0.3 is 0 Å². The van der Waals surface area contributed by atoms with Gasteiger partial charge in [0.25, 0.3) is 5.69 Å². The van der Waals surface area contributed by atoms with Crippen LogP contribution in [0.3, 0.4) is 0 Å². The Morgan fingerprint density at radius 3 is 2.13 bits per heavy atom. The van der Waals surface area contributed by atoms with Crippen LogP contribution in [0.25, 0.3) is 52.8 Å². The molecule has 0 radical (unpaired) electrons. The quantitative estimate of drug-likeness (QED) is 0.168. The van der Waals surface area contributed by atoms with E-state index in [0.29, 0.717) is 10.3 Å². The predicted octanol–water partition coefficient (Wildman–Crippen LogP) is 8.22. The normalized spacial score (nSPS) is 11.6. The fourth-order valence-electron chi connectivity index (χ4n) is 4.59. The van der Waals surface area contributed by atoms with Crippen LogP contribution in [0.1, 0.15) is 0 Å². The summed E-state index contributed by atoms with van der Waals surface area (Å²) in [6, 6.07) is 27.9. The van der Waals surface area contributed by atoms with Crippen LogP contribution in [0.2, 0.25) is 0 Å². The van der Waals surface area contributed by atoms with Crippen molar-refractivity contribution in [3.63, 3.8) is 0 Å². The lowest BCUT2D eigenvalue weighted by Gasteiger charge is -2.14. The molecule has 0 amide bonds. The average molecular weight is 438 g/mol. The number of hydrogen-bond donors (Lipinski definition) is 1. The summed E-state index contributed by atoms with van der Waals surface area (Å²) in [5.41, 5.74) is 1.60. The summed E-state index contributed by atoms with van der Waals surface area (Å²) >= 11 is 6.24. The van der Waals surface area contributed by atoms with Crippen molar-refractivity contribution in [1.82, 2.24) is 0 Å². The van der Waals surface area contributed by atoms with Crippen molar-refractivity contribution in [2.75, 3.05) is 0 Å². The standard InChI is InChI=1S/C26H15NO2S2/c28-27(29)25-24(23-16-8-2-1-7-15(16)13-14-20(23)30)18-10-4-3-9-17(18)22-19-11-5-6-12-21(19)31-26(22)25/h1-14,30H. The van der Waals surface area contributed by atoms with Gasteiger partial charge in [0.05, 0.1) is 10.5 Å². The maximum absolute atomic E-state index is 12.6. The van der Waals surface area contributed by atoms with Gasteiger partial charge in [-0.05, 0) is 33.7 Å². The van der Waals surface area contributed by atoms with E-state index >= 15 is 0 Å². The Morgan fingerprint density at radius 1 is 0.710 bits per heavy atom. The van der Waals surface area contributed by atoms with Gasteiger partial charge >= 0.3 is 0 Å². The summed E-state index contributed by atoms with van der Waals surface area (Å²) in [6.45, 7) is 0. The van der Waals surface area contributed by atoms with E-state index in [1.807, 2.05) is 78.9 Å². The molecule has 0 fully saturated rings. The molecule has 6 rings (SSSR count). The molecule has 148 valence electrons. The number of rotatable bonds is 2. The van der Waals surface area contributed by atoms with Crippen molar-refractivity contribution in [3.05, 3.63) is 95.0 Å². The third kappa shape index (κ3) is 2.60. The molecule has 5 heteroatoms. The zero-order valence-corrected chi connectivity index (χ0v) is 17.9. The van der Waals surface area contributed by atoms with E-state index in [1.165, 1.54) is 11.3 Å². The lowest BCUT2D eigenvalue weighted by atomic mass is 9.90. The molecule has 0 N–H and O–H groups in total. The van der Waals surface area contributed by atoms with Gasteiger partial charge in [0.1, 0.15) is 4.70 Å². The summed E-state index contributed by atoms with van der Waals surface area (Å²) in [5.74, 6) is 0. The number of nitrogens with zero attached hydrogens (tertiary/aromatic N) is 1. The summed E-state index contributed by atoms with van der Waals surface area (Å²) in [5, 5.41) is 18.5. The first-order chi connectivity index (χ1) is 15.1. The summed E-state index contributed by atoms with van der Waals surface area (Å²) in [7, 11) is 0. The molecule has 0 atom stereocenters. The van der Waals surface area contributed by atoms with Crippen LogP contribution in [-0.4, -0.2) is 4.92 Å². The van der Waals surface area contributed by atoms with Crippen molar-refractivity contribution in [3.8, 4) is 11.1 Å². The number of benzene rings is 5. The number of hydrogen-bond acceptors (Lipinski definition) is 4. The highest BCUT2D eigenvalue weighted by Crippen LogP contribution is 2.51. The maximum Gasteiger partial charge on any atom is 0.295 e. The van der Waals surface area contributed by atoms with Gasteiger partial charge in [0, 0.05) is 25.9 Å². The Balaban J connectivity index is 1.94. The third-order valence-electron chi connectivity index (χ3n) is 5.85. The van der Waals surface area contributed by atoms with Crippen molar-refractivity contribution in [1.29, 1.82) is 0 Å². The minimum absolute atomic E-state index is 0.154. The second-order valence-electron chi connectivity index (χ2n) is 7.51. The fraction of sp³-hybridized carbons (Fsp3) is 0. The van der Waals surface area contributed by atoms with E-state index < -0.39 is 0 Å². The molecule has 0 spiro atoms. The van der Waals surface area contributed by atoms with E-state index in [2.05, 4.69) is 6.07 Å². The van der Waals surface area contributed by atoms with Crippen LogP contribution in [-0.2, 0) is 0 Å². The average Bonchev–Trinajstić information content (AvgIpc) is 3.17. The van der Waals surface area contributed by atoms with Crippen LogP contribution < -0.4 is 0 Å². The van der Waals surface area contributed by atoms with Gasteiger partial charge in [-0.3, -0.25) is 10.1 Å². The molecule has 0 aliphatic rings. The van der Waals surface area contributed by atoms with Crippen molar-refractivity contribution < 1.29 is 4.92 Å². The Kier molecular flexibility index (Phi) is 4.03. The third-order valence-corrected chi connectivity index (χ3v) is 7.40. The highest BCUT2D eigenvalue weighted by Gasteiger charge is 2.28. The van der Waals surface area contributed by atoms with E-state index in [-0.39, 0.29) is 10.6 Å². The molecule has 1 heterocycles. The zero-order valence-electron chi connectivity index (χ0n) is 16.2. The van der Waals surface area contributed by atoms with E-state index in [0.717, 1.165) is 47.5 Å². The van der Waals surface area contributed by atoms with Crippen LogP contribution in [0.15, 0.2) is 89.8 Å². The molecule has 6 aromatic rings. The van der Waals surface area contributed by atoms with E-state index in [1.54, 1.807) is 0 Å². The van der Waals surface area contributed by atoms with E-state index in [4.69, 9.17) is 12.6 Å². The molecule has 0 aliphatic carbocycles. The fourth-order valence-corrected chi connectivity index (χ4v) is 6.14. The zero-order chi connectivity index (χ0) is 21.1. The second kappa shape index (κ2) is 6.80. The SMILES string of the molecule is O=[N+]([O-])c1c(-c2c(S)ccc3ccccc23)c2ccccc2c2c1sc1ccccc12. The monoisotopic (exact) mass is 437 g/mol. The van der Waals surface area contributed by atoms with Crippen LogP contribution in [0, 0.1) is 10.1 Å². The Bertz CT molecular complexity index is 1680. The van der Waals surface area contributed by atoms with Gasteiger partial charge in [-0.2, -0.15) is 0 Å². The van der Waals surface area contributed by atoms with E-state index in [9.17, 15) is 10.1 Å². The minimum atomic E-state index is -0.228. The number of nitro groups is 1. The first-order valence-electron chi connectivity index (χ1n) is 9.86. The highest BCUT2D eigenvalue weighted by molar-refractivity contribution is 7.80. The molecule has 3 nitrogen and oxygen atoms in total. The van der Waals surface area contributed by atoms with Gasteiger partial charge in [-0.1, -0.05) is 72.8 Å². The van der Waals surface area contributed by atoms with Crippen molar-refractivity contribution >= 4 is 71.4 Å². The Labute approximate surface area is 187 Å². The van der Waals surface area contributed by atoms with Crippen molar-refractivity contribution in [2.24, 2.45) is 0 Å². The Hall–Kier alpha value is -3.41. The smallest absolute Gasteiger partial charge is 0.258 e. The van der Waals surface area contributed by atoms with Crippen LogP contribution >= 0.6 is 24.0 Å². The molecule has 0 bridgehead atoms. The summed E-state index contributed by atoms with van der Waals surface area (Å²) in [4.78, 5) is 13.1. The number of fused-ring (bicyclic) bond motifs is 6. The topological polar surface area (TPSA) is 43.1 Å². The van der Waals surface area contributed by atoms with Crippen LogP contribution in [0.4, 0.5) is 5.69 Å². The molecule has 31 heavy (non-hydrogen) atoms. The largest absolute Gasteiger partial charge is 0.295 e. The second-order valence-corrected chi connectivity index (χ2v) is 9.04. The first-order valence-corrected chi connectivity index (χ1v) is 11.1. The number of nitro benzene ring substituents is 1. The van der Waals surface area contributed by atoms with Gasteiger partial charge in [0.2, 0.25) is 0 Å². The molecule has 0 saturated carbocycles. The minimum Gasteiger partial charge on any atom is -0.258 e. The summed E-state index contributed by atoms with van der Waals surface area (Å²) in [6.07, 6.45) is 0. The first kappa shape index (κ1) is 18.4. The predicted molar refractivity (Wildman–Crippen MR) is 134 cm³/mol. The van der Waals surface area contributed by atoms with Crippen molar-refractivity contribution in [2.45, 2.75) is 4.90 Å². The Morgan fingerprint density at radius 2 is 1.35 bits per heavy atom. The molecule has 0 saturated heterocycles. The van der Waals surface area contributed by atoms with Gasteiger partial charge in [-0.15, -0.1) is 24.0 Å². The maximum atomic E-state index is 12.6. The molecular weight excluding hydrogens is 422 g/mol. The lowest BCUT2D eigenvalue weighted by molar-refractivity contribution is -0.382. The number of thiol groups is 1.